The van der Waals surface area contributed by atoms with Crippen LogP contribution >= 0.6 is 11.8 Å². The molecule has 8 heteroatoms. The van der Waals surface area contributed by atoms with E-state index in [9.17, 15) is 9.59 Å². The summed E-state index contributed by atoms with van der Waals surface area (Å²) in [5.74, 6) is 1.05. The van der Waals surface area contributed by atoms with Crippen LogP contribution in [0.1, 0.15) is 23.3 Å². The van der Waals surface area contributed by atoms with Crippen molar-refractivity contribution < 1.29 is 14.7 Å². The normalized spacial score (nSPS) is 23.8. The van der Waals surface area contributed by atoms with Crippen molar-refractivity contribution in [2.75, 3.05) is 30.0 Å². The zero-order chi connectivity index (χ0) is 16.4. The molecule has 1 saturated heterocycles. The summed E-state index contributed by atoms with van der Waals surface area (Å²) in [6.07, 6.45) is 7.15. The fourth-order valence-electron chi connectivity index (χ4n) is 3.16. The molecule has 2 heterocycles. The Morgan fingerprint density at radius 3 is 2.83 bits per heavy atom. The molecule has 0 unspecified atom stereocenters. The number of aromatic nitrogens is 2. The second kappa shape index (κ2) is 6.74. The van der Waals surface area contributed by atoms with Crippen molar-refractivity contribution in [1.29, 1.82) is 0 Å². The lowest BCUT2D eigenvalue weighted by molar-refractivity contribution is -0.119. The summed E-state index contributed by atoms with van der Waals surface area (Å²) in [5, 5.41) is 12.2. The first-order chi connectivity index (χ1) is 11.1. The van der Waals surface area contributed by atoms with Gasteiger partial charge in [-0.1, -0.05) is 0 Å². The molecule has 2 N–H and O–H groups in total. The highest BCUT2D eigenvalue weighted by atomic mass is 32.2. The van der Waals surface area contributed by atoms with E-state index in [4.69, 9.17) is 5.11 Å². The Kier molecular flexibility index (Phi) is 4.70. The van der Waals surface area contributed by atoms with E-state index < -0.39 is 5.97 Å². The third-order valence-corrected chi connectivity index (χ3v) is 4.93. The maximum atomic E-state index is 11.9. The third kappa shape index (κ3) is 3.74. The number of rotatable bonds is 6. The highest BCUT2D eigenvalue weighted by Crippen LogP contribution is 2.42. The molecule has 0 bridgehead atoms. The first kappa shape index (κ1) is 16.0. The molecule has 1 aromatic heterocycles. The standard InChI is InChI=1S/C15H20N4O3S/c1-23-8-14(20)18-12-7-19(6-10(12)9-2-3-9)13-5-16-4-11(17-13)15(21)22/h4-5,9-10,12H,2-3,6-8H2,1H3,(H,18,20)(H,21,22)/t10-,12+/m1/s1. The molecule has 1 aromatic rings. The zero-order valence-corrected chi connectivity index (χ0v) is 13.8. The fraction of sp³-hybridized carbons (Fsp3) is 0.600. The molecule has 1 amide bonds. The molecule has 0 aromatic carbocycles. The minimum absolute atomic E-state index is 0.0552. The van der Waals surface area contributed by atoms with Crippen molar-refractivity contribution in [2.45, 2.75) is 18.9 Å². The van der Waals surface area contributed by atoms with Gasteiger partial charge in [-0.15, -0.1) is 0 Å². The molecule has 3 rings (SSSR count). The van der Waals surface area contributed by atoms with Gasteiger partial charge in [-0.2, -0.15) is 11.8 Å². The maximum Gasteiger partial charge on any atom is 0.356 e. The molecule has 0 radical (unpaired) electrons. The molecule has 1 aliphatic carbocycles. The van der Waals surface area contributed by atoms with Crippen molar-refractivity contribution in [3.63, 3.8) is 0 Å². The molecule has 124 valence electrons. The summed E-state index contributed by atoms with van der Waals surface area (Å²) < 4.78 is 0. The van der Waals surface area contributed by atoms with Gasteiger partial charge >= 0.3 is 5.97 Å². The summed E-state index contributed by atoms with van der Waals surface area (Å²) in [7, 11) is 0. The molecular weight excluding hydrogens is 316 g/mol. The Morgan fingerprint density at radius 1 is 1.39 bits per heavy atom. The van der Waals surface area contributed by atoms with Gasteiger partial charge in [0.05, 0.1) is 24.2 Å². The van der Waals surface area contributed by atoms with Gasteiger partial charge in [0.2, 0.25) is 5.91 Å². The Hall–Kier alpha value is -1.83. The first-order valence-electron chi connectivity index (χ1n) is 7.67. The van der Waals surface area contributed by atoms with E-state index in [1.165, 1.54) is 30.8 Å². The Balaban J connectivity index is 1.73. The monoisotopic (exact) mass is 336 g/mol. The predicted molar refractivity (Wildman–Crippen MR) is 87.7 cm³/mol. The number of carboxylic acids is 1. The fourth-order valence-corrected chi connectivity index (χ4v) is 3.51. The average Bonchev–Trinajstić information content (AvgIpc) is 3.29. The van der Waals surface area contributed by atoms with Crippen molar-refractivity contribution in [3.8, 4) is 0 Å². The van der Waals surface area contributed by atoms with Crippen LogP contribution in [-0.4, -0.2) is 58.1 Å². The van der Waals surface area contributed by atoms with Crippen molar-refractivity contribution in [1.82, 2.24) is 15.3 Å². The minimum atomic E-state index is -1.08. The molecular formula is C15H20N4O3S. The Labute approximate surface area is 138 Å². The molecule has 1 aliphatic heterocycles. The van der Waals surface area contributed by atoms with E-state index in [-0.39, 0.29) is 17.6 Å². The van der Waals surface area contributed by atoms with Crippen LogP contribution in [0.3, 0.4) is 0 Å². The van der Waals surface area contributed by atoms with Crippen LogP contribution in [0.5, 0.6) is 0 Å². The SMILES string of the molecule is CSCC(=O)N[C@H]1CN(c2cncc(C(=O)O)n2)C[C@@H]1C1CC1. The number of hydrogen-bond donors (Lipinski definition) is 2. The van der Waals surface area contributed by atoms with Gasteiger partial charge in [-0.3, -0.25) is 9.78 Å². The number of carbonyl (C=O) groups excluding carboxylic acids is 1. The summed E-state index contributed by atoms with van der Waals surface area (Å²) in [4.78, 5) is 33.1. The highest BCUT2D eigenvalue weighted by Gasteiger charge is 2.43. The quantitative estimate of drug-likeness (QED) is 0.796. The largest absolute Gasteiger partial charge is 0.476 e. The molecule has 23 heavy (non-hydrogen) atoms. The molecule has 7 nitrogen and oxygen atoms in total. The van der Waals surface area contributed by atoms with E-state index >= 15 is 0 Å². The van der Waals surface area contributed by atoms with Gasteiger partial charge in [0, 0.05) is 19.0 Å². The van der Waals surface area contributed by atoms with E-state index in [0.717, 1.165) is 6.54 Å². The van der Waals surface area contributed by atoms with Gasteiger partial charge in [0.25, 0.3) is 0 Å². The molecule has 2 aliphatic rings. The van der Waals surface area contributed by atoms with Crippen LogP contribution in [0.25, 0.3) is 0 Å². The van der Waals surface area contributed by atoms with Crippen LogP contribution in [0.2, 0.25) is 0 Å². The summed E-state index contributed by atoms with van der Waals surface area (Å²) in [5.41, 5.74) is -0.0552. The van der Waals surface area contributed by atoms with Gasteiger partial charge in [-0.05, 0) is 25.0 Å². The van der Waals surface area contributed by atoms with Crippen LogP contribution < -0.4 is 10.2 Å². The number of aromatic carboxylic acids is 1. The smallest absolute Gasteiger partial charge is 0.356 e. The highest BCUT2D eigenvalue weighted by molar-refractivity contribution is 7.99. The lowest BCUT2D eigenvalue weighted by Gasteiger charge is -2.18. The molecule has 2 fully saturated rings. The second-order valence-corrected chi connectivity index (χ2v) is 6.95. The lowest BCUT2D eigenvalue weighted by Crippen LogP contribution is -2.42. The number of nitrogens with zero attached hydrogens (tertiary/aromatic N) is 3. The van der Waals surface area contributed by atoms with E-state index in [1.54, 1.807) is 6.20 Å². The third-order valence-electron chi connectivity index (χ3n) is 4.38. The predicted octanol–water partition coefficient (Wildman–Crippen LogP) is 0.869. The van der Waals surface area contributed by atoms with E-state index in [2.05, 4.69) is 15.3 Å². The number of nitrogens with one attached hydrogen (secondary N) is 1. The van der Waals surface area contributed by atoms with Crippen LogP contribution in [-0.2, 0) is 4.79 Å². The number of carbonyl (C=O) groups is 2. The zero-order valence-electron chi connectivity index (χ0n) is 12.9. The van der Waals surface area contributed by atoms with Gasteiger partial charge < -0.3 is 15.3 Å². The Bertz CT molecular complexity index is 608. The Morgan fingerprint density at radius 2 is 2.17 bits per heavy atom. The molecule has 2 atom stereocenters. The summed E-state index contributed by atoms with van der Waals surface area (Å²) >= 11 is 1.51. The minimum Gasteiger partial charge on any atom is -0.476 e. The van der Waals surface area contributed by atoms with Crippen LogP contribution in [0.4, 0.5) is 5.82 Å². The number of anilines is 1. The summed E-state index contributed by atoms with van der Waals surface area (Å²) in [6.45, 7) is 1.44. The van der Waals surface area contributed by atoms with Crippen molar-refractivity contribution in [2.24, 2.45) is 11.8 Å². The first-order valence-corrected chi connectivity index (χ1v) is 9.06. The second-order valence-electron chi connectivity index (χ2n) is 6.08. The van der Waals surface area contributed by atoms with Crippen molar-refractivity contribution >= 4 is 29.5 Å². The van der Waals surface area contributed by atoms with Gasteiger partial charge in [0.1, 0.15) is 5.82 Å². The van der Waals surface area contributed by atoms with E-state index in [0.29, 0.717) is 30.0 Å². The number of thioether (sulfide) groups is 1. The van der Waals surface area contributed by atoms with Gasteiger partial charge in [-0.25, -0.2) is 9.78 Å². The topological polar surface area (TPSA) is 95.4 Å². The van der Waals surface area contributed by atoms with Crippen molar-refractivity contribution in [3.05, 3.63) is 18.1 Å². The van der Waals surface area contributed by atoms with Crippen LogP contribution in [0, 0.1) is 11.8 Å². The number of hydrogen-bond acceptors (Lipinski definition) is 6. The number of amides is 1. The molecule has 1 saturated carbocycles. The molecule has 0 spiro atoms. The number of carboxylic acid groups (broad SMARTS) is 1. The van der Waals surface area contributed by atoms with Crippen LogP contribution in [0.15, 0.2) is 12.4 Å². The average molecular weight is 336 g/mol. The maximum absolute atomic E-state index is 11.9. The van der Waals surface area contributed by atoms with E-state index in [1.807, 2.05) is 11.2 Å². The van der Waals surface area contributed by atoms with Gasteiger partial charge in [0.15, 0.2) is 5.69 Å². The lowest BCUT2D eigenvalue weighted by atomic mass is 9.98. The summed E-state index contributed by atoms with van der Waals surface area (Å²) in [6, 6.07) is 0.0948.